The van der Waals surface area contributed by atoms with Crippen LogP contribution >= 0.6 is 0 Å². The molecule has 0 saturated heterocycles. The Hall–Kier alpha value is -3.27. The van der Waals surface area contributed by atoms with E-state index in [4.69, 9.17) is 18.9 Å². The number of carboxylic acid groups (broad SMARTS) is 1. The van der Waals surface area contributed by atoms with Crippen LogP contribution in [0.15, 0.2) is 72.9 Å². The molecular formula is C73H131NO8. The zero-order valence-corrected chi connectivity index (χ0v) is 54.4. The van der Waals surface area contributed by atoms with Crippen LogP contribution in [0.25, 0.3) is 0 Å². The van der Waals surface area contributed by atoms with Crippen LogP contribution in [0.3, 0.4) is 0 Å². The summed E-state index contributed by atoms with van der Waals surface area (Å²) in [5.74, 6) is -2.39. The Balaban J connectivity index is 4.02. The molecule has 476 valence electrons. The Bertz CT molecular complexity index is 1570. The van der Waals surface area contributed by atoms with E-state index in [1.165, 1.54) is 225 Å². The van der Waals surface area contributed by atoms with Gasteiger partial charge in [-0.1, -0.05) is 324 Å². The first-order chi connectivity index (χ1) is 40.1. The molecule has 0 rings (SSSR count). The third-order valence-electron chi connectivity index (χ3n) is 15.2. The first kappa shape index (κ1) is 78.7. The number of carbonyl (C=O) groups excluding carboxylic acids is 3. The van der Waals surface area contributed by atoms with E-state index in [9.17, 15) is 19.5 Å². The maximum Gasteiger partial charge on any atom is 0.306 e. The van der Waals surface area contributed by atoms with E-state index in [0.29, 0.717) is 17.4 Å². The first-order valence-corrected chi connectivity index (χ1v) is 34.6. The number of allylic oxidation sites excluding steroid dienone is 12. The van der Waals surface area contributed by atoms with Crippen LogP contribution in [0.5, 0.6) is 0 Å². The number of esters is 2. The van der Waals surface area contributed by atoms with Gasteiger partial charge in [0.2, 0.25) is 0 Å². The molecule has 0 aromatic carbocycles. The van der Waals surface area contributed by atoms with Crippen molar-refractivity contribution in [3.8, 4) is 0 Å². The maximum atomic E-state index is 12.8. The zero-order chi connectivity index (χ0) is 59.8. The number of ether oxygens (including phenoxy) is 4. The first-order valence-electron chi connectivity index (χ1n) is 34.6. The van der Waals surface area contributed by atoms with Crippen LogP contribution in [0.2, 0.25) is 0 Å². The average Bonchev–Trinajstić information content (AvgIpc) is 3.45. The van der Waals surface area contributed by atoms with E-state index < -0.39 is 24.3 Å². The van der Waals surface area contributed by atoms with Crippen LogP contribution < -0.4 is 5.11 Å². The number of unbranched alkanes of at least 4 members (excludes halogenated alkanes) is 37. The molecule has 0 N–H and O–H groups in total. The van der Waals surface area contributed by atoms with Gasteiger partial charge in [-0.15, -0.1) is 0 Å². The summed E-state index contributed by atoms with van der Waals surface area (Å²) in [4.78, 5) is 37.3. The lowest BCUT2D eigenvalue weighted by Gasteiger charge is -2.26. The van der Waals surface area contributed by atoms with Crippen molar-refractivity contribution < 1.29 is 42.9 Å². The summed E-state index contributed by atoms with van der Waals surface area (Å²) < 4.78 is 22.6. The minimum atomic E-state index is -1.64. The van der Waals surface area contributed by atoms with E-state index in [0.717, 1.165) is 57.8 Å². The molecule has 0 saturated carbocycles. The SMILES string of the molecule is CC/C=C\C/C=C\C/C=C\C/C=C\C/C=C\C/C=C\CCC(=O)OC(COC(=O)CCCCCCCCCCCCCCCCCCCCCCCCCCCCCCCCCCCCCCCC)COC(OCC[N+](C)(C)C)C(=O)[O-]. The van der Waals surface area contributed by atoms with Crippen LogP contribution in [0, 0.1) is 0 Å². The summed E-state index contributed by atoms with van der Waals surface area (Å²) in [6.07, 6.45) is 81.8. The van der Waals surface area contributed by atoms with Crippen LogP contribution in [0.4, 0.5) is 0 Å². The molecule has 2 atom stereocenters. The minimum Gasteiger partial charge on any atom is -0.545 e. The molecule has 0 heterocycles. The number of likely N-dealkylation sites (N-methyl/N-ethyl adjacent to an activating group) is 1. The van der Waals surface area contributed by atoms with Gasteiger partial charge in [0.15, 0.2) is 12.4 Å². The Labute approximate surface area is 507 Å². The predicted octanol–water partition coefficient (Wildman–Crippen LogP) is 20.0. The fourth-order valence-corrected chi connectivity index (χ4v) is 9.98. The molecule has 0 bridgehead atoms. The molecule has 0 aliphatic heterocycles. The van der Waals surface area contributed by atoms with Crippen molar-refractivity contribution in [2.45, 2.75) is 328 Å². The van der Waals surface area contributed by atoms with Crippen molar-refractivity contribution >= 4 is 17.9 Å². The summed E-state index contributed by atoms with van der Waals surface area (Å²) in [6.45, 7) is 4.58. The molecule has 9 heteroatoms. The summed E-state index contributed by atoms with van der Waals surface area (Å²) in [6, 6.07) is 0. The van der Waals surface area contributed by atoms with E-state index in [-0.39, 0.29) is 38.6 Å². The van der Waals surface area contributed by atoms with Gasteiger partial charge in [0.1, 0.15) is 13.2 Å². The zero-order valence-electron chi connectivity index (χ0n) is 54.4. The highest BCUT2D eigenvalue weighted by atomic mass is 16.7. The van der Waals surface area contributed by atoms with Crippen molar-refractivity contribution in [2.75, 3.05) is 47.5 Å². The third kappa shape index (κ3) is 64.3. The number of carboxylic acids is 1. The van der Waals surface area contributed by atoms with Crippen molar-refractivity contribution in [3.63, 3.8) is 0 Å². The molecule has 9 nitrogen and oxygen atoms in total. The summed E-state index contributed by atoms with van der Waals surface area (Å²) in [7, 11) is 5.90. The normalized spacial score (nSPS) is 13.1. The molecular weight excluding hydrogens is 1020 g/mol. The van der Waals surface area contributed by atoms with E-state index >= 15 is 0 Å². The molecule has 0 radical (unpaired) electrons. The van der Waals surface area contributed by atoms with Crippen LogP contribution in [-0.2, 0) is 33.3 Å². The molecule has 0 aromatic heterocycles. The quantitative estimate of drug-likeness (QED) is 0.0195. The van der Waals surface area contributed by atoms with Gasteiger partial charge in [-0.3, -0.25) is 9.59 Å². The molecule has 0 spiro atoms. The van der Waals surface area contributed by atoms with Crippen molar-refractivity contribution in [1.82, 2.24) is 0 Å². The standard InChI is InChI=1S/C73H131NO8/c1-6-8-10-12-14-16-18-20-22-24-26-27-28-29-30-31-32-33-34-35-36-37-38-39-40-41-42-43-44-46-47-49-51-53-55-57-59-61-63-70(75)80-67-69(68-81-73(72(77)78)79-66-65-74(3,4)5)82-71(76)64-62-60-58-56-54-52-50-48-45-25-23-21-19-17-15-13-11-9-7-2/h9,11,15,17,21,23,45,48,52,54,58,60,69,73H,6-8,10,12-14,16,18-20,22,24-44,46-47,49-51,53,55-57,59,61-68H2,1-5H3/b11-9-,17-15-,23-21-,48-45-,54-52-,60-58-. The topological polar surface area (TPSA) is 111 Å². The van der Waals surface area contributed by atoms with Crippen LogP contribution in [0.1, 0.15) is 316 Å². The van der Waals surface area contributed by atoms with Gasteiger partial charge in [0.25, 0.3) is 0 Å². The van der Waals surface area contributed by atoms with Gasteiger partial charge in [-0.25, -0.2) is 0 Å². The molecule has 0 aromatic rings. The Morgan fingerprint density at radius 3 is 1.01 bits per heavy atom. The number of aliphatic carboxylic acids is 1. The van der Waals surface area contributed by atoms with Gasteiger partial charge >= 0.3 is 11.9 Å². The van der Waals surface area contributed by atoms with E-state index in [1.807, 2.05) is 33.3 Å². The van der Waals surface area contributed by atoms with Gasteiger partial charge in [0.05, 0.1) is 40.3 Å². The molecule has 0 amide bonds. The molecule has 82 heavy (non-hydrogen) atoms. The average molecular weight is 1150 g/mol. The lowest BCUT2D eigenvalue weighted by Crippen LogP contribution is -2.44. The Morgan fingerprint density at radius 2 is 0.695 bits per heavy atom. The fraction of sp³-hybridized carbons (Fsp3) is 0.795. The second-order valence-corrected chi connectivity index (χ2v) is 24.4. The number of nitrogens with zero attached hydrogens (tertiary/aromatic N) is 1. The van der Waals surface area contributed by atoms with Crippen molar-refractivity contribution in [1.29, 1.82) is 0 Å². The summed E-state index contributed by atoms with van der Waals surface area (Å²) in [5, 5.41) is 11.8. The Morgan fingerprint density at radius 1 is 0.378 bits per heavy atom. The van der Waals surface area contributed by atoms with Gasteiger partial charge in [-0.05, 0) is 51.4 Å². The minimum absolute atomic E-state index is 0.121. The van der Waals surface area contributed by atoms with Gasteiger partial charge in [0, 0.05) is 12.8 Å². The second-order valence-electron chi connectivity index (χ2n) is 24.4. The third-order valence-corrected chi connectivity index (χ3v) is 15.2. The summed E-state index contributed by atoms with van der Waals surface area (Å²) in [5.41, 5.74) is 0. The number of quaternary nitrogens is 1. The highest BCUT2D eigenvalue weighted by molar-refractivity contribution is 5.70. The smallest absolute Gasteiger partial charge is 0.306 e. The second kappa shape index (κ2) is 63.7. The molecule has 0 aliphatic rings. The number of rotatable bonds is 64. The van der Waals surface area contributed by atoms with Gasteiger partial charge < -0.3 is 33.3 Å². The molecule has 2 unspecified atom stereocenters. The molecule has 0 aliphatic carbocycles. The number of hydrogen-bond acceptors (Lipinski definition) is 8. The van der Waals surface area contributed by atoms with Gasteiger partial charge in [-0.2, -0.15) is 0 Å². The van der Waals surface area contributed by atoms with E-state index in [1.54, 1.807) is 0 Å². The fourth-order valence-electron chi connectivity index (χ4n) is 9.98. The van der Waals surface area contributed by atoms with Crippen molar-refractivity contribution in [3.05, 3.63) is 72.9 Å². The van der Waals surface area contributed by atoms with Crippen molar-refractivity contribution in [2.24, 2.45) is 0 Å². The Kier molecular flexibility index (Phi) is 61.2. The summed E-state index contributed by atoms with van der Waals surface area (Å²) >= 11 is 0. The predicted molar refractivity (Wildman–Crippen MR) is 348 cm³/mol. The monoisotopic (exact) mass is 1150 g/mol. The largest absolute Gasteiger partial charge is 0.545 e. The lowest BCUT2D eigenvalue weighted by molar-refractivity contribution is -0.870. The highest BCUT2D eigenvalue weighted by Gasteiger charge is 2.22. The highest BCUT2D eigenvalue weighted by Crippen LogP contribution is 2.18. The van der Waals surface area contributed by atoms with Crippen LogP contribution in [-0.4, -0.2) is 82.3 Å². The number of hydrogen-bond donors (Lipinski definition) is 0. The number of carbonyl (C=O) groups is 3. The molecule has 0 fully saturated rings. The maximum absolute atomic E-state index is 12.8. The lowest BCUT2D eigenvalue weighted by atomic mass is 10.0. The van der Waals surface area contributed by atoms with E-state index in [2.05, 4.69) is 74.6 Å².